The van der Waals surface area contributed by atoms with E-state index in [4.69, 9.17) is 23.2 Å². The number of aliphatic hydroxyl groups is 1. The Bertz CT molecular complexity index is 435. The molecule has 0 saturated carbocycles. The first-order valence-corrected chi connectivity index (χ1v) is 6.30. The van der Waals surface area contributed by atoms with Crippen molar-refractivity contribution in [1.29, 1.82) is 0 Å². The fraction of sp³-hybridized carbons (Fsp3) is 0.308. The van der Waals surface area contributed by atoms with E-state index in [1.807, 2.05) is 0 Å². The normalized spacial score (nSPS) is 11.9. The van der Waals surface area contributed by atoms with Crippen LogP contribution in [0.5, 0.6) is 0 Å². The molecule has 1 aromatic carbocycles. The number of aliphatic hydroxyl groups excluding tert-OH is 1. The van der Waals surface area contributed by atoms with Crippen molar-refractivity contribution < 1.29 is 9.90 Å². The minimum Gasteiger partial charge on any atom is -0.387 e. The number of carbonyl (C=O) groups excluding carboxylic acids is 1. The largest absolute Gasteiger partial charge is 0.387 e. The second kappa shape index (κ2) is 7.41. The molecule has 1 atom stereocenters. The Balaban J connectivity index is 2.52. The molecule has 0 bridgehead atoms. The number of benzene rings is 1. The van der Waals surface area contributed by atoms with Crippen molar-refractivity contribution in [3.63, 3.8) is 0 Å². The summed E-state index contributed by atoms with van der Waals surface area (Å²) in [7, 11) is 0. The molecule has 0 saturated heterocycles. The molecule has 1 rings (SSSR count). The predicted octanol–water partition coefficient (Wildman–Crippen LogP) is 3.11. The topological polar surface area (TPSA) is 49.3 Å². The number of hydrogen-bond acceptors (Lipinski definition) is 2. The van der Waals surface area contributed by atoms with Crippen LogP contribution < -0.4 is 5.32 Å². The molecule has 3 nitrogen and oxygen atoms in total. The number of allylic oxidation sites excluding steroid dienone is 1. The van der Waals surface area contributed by atoms with Crippen LogP contribution >= 0.6 is 23.2 Å². The molecule has 0 aliphatic carbocycles. The Morgan fingerprint density at radius 1 is 1.50 bits per heavy atom. The summed E-state index contributed by atoms with van der Waals surface area (Å²) in [6.45, 7) is 3.66. The summed E-state index contributed by atoms with van der Waals surface area (Å²) in [5, 5.41) is 13.4. The van der Waals surface area contributed by atoms with E-state index < -0.39 is 6.10 Å². The summed E-state index contributed by atoms with van der Waals surface area (Å²) in [6.07, 6.45) is 1.81. The van der Waals surface area contributed by atoms with E-state index in [1.54, 1.807) is 24.3 Å². The van der Waals surface area contributed by atoms with Gasteiger partial charge in [-0.25, -0.2) is 0 Å². The van der Waals surface area contributed by atoms with Gasteiger partial charge in [-0.15, -0.1) is 6.58 Å². The van der Waals surface area contributed by atoms with Crippen LogP contribution in [-0.2, 0) is 4.79 Å². The van der Waals surface area contributed by atoms with Gasteiger partial charge in [-0.05, 0) is 18.6 Å². The zero-order chi connectivity index (χ0) is 13.5. The molecule has 98 valence electrons. The lowest BCUT2D eigenvalue weighted by Gasteiger charge is -2.13. The third kappa shape index (κ3) is 4.69. The van der Waals surface area contributed by atoms with Crippen LogP contribution in [0.25, 0.3) is 0 Å². The third-order valence-electron chi connectivity index (χ3n) is 2.39. The molecule has 0 spiro atoms. The van der Waals surface area contributed by atoms with Crippen LogP contribution in [-0.4, -0.2) is 17.6 Å². The molecule has 1 unspecified atom stereocenters. The smallest absolute Gasteiger partial charge is 0.220 e. The van der Waals surface area contributed by atoms with E-state index >= 15 is 0 Å². The summed E-state index contributed by atoms with van der Waals surface area (Å²) >= 11 is 11.7. The minimum atomic E-state index is -0.845. The summed E-state index contributed by atoms with van der Waals surface area (Å²) in [6, 6.07) is 4.85. The van der Waals surface area contributed by atoms with Gasteiger partial charge in [-0.3, -0.25) is 4.79 Å². The zero-order valence-corrected chi connectivity index (χ0v) is 11.3. The predicted molar refractivity (Wildman–Crippen MR) is 73.9 cm³/mol. The number of nitrogens with one attached hydrogen (secondary N) is 1. The number of halogens is 2. The van der Waals surface area contributed by atoms with E-state index in [2.05, 4.69) is 11.9 Å². The van der Waals surface area contributed by atoms with Crippen molar-refractivity contribution >= 4 is 29.1 Å². The quantitative estimate of drug-likeness (QED) is 0.790. The highest BCUT2D eigenvalue weighted by atomic mass is 35.5. The molecule has 0 radical (unpaired) electrons. The molecule has 5 heteroatoms. The first-order chi connectivity index (χ1) is 8.54. The van der Waals surface area contributed by atoms with Crippen molar-refractivity contribution in [3.05, 3.63) is 46.5 Å². The van der Waals surface area contributed by atoms with Gasteiger partial charge in [0.05, 0.1) is 6.10 Å². The molecule has 1 amide bonds. The van der Waals surface area contributed by atoms with Crippen LogP contribution in [0, 0.1) is 0 Å². The number of hydrogen-bond donors (Lipinski definition) is 2. The molecule has 0 aromatic heterocycles. The highest BCUT2D eigenvalue weighted by Crippen LogP contribution is 2.25. The summed E-state index contributed by atoms with van der Waals surface area (Å²) in [4.78, 5) is 11.4. The average Bonchev–Trinajstić information content (AvgIpc) is 2.33. The van der Waals surface area contributed by atoms with Gasteiger partial charge in [-0.2, -0.15) is 0 Å². The van der Waals surface area contributed by atoms with Crippen LogP contribution in [0.2, 0.25) is 10.0 Å². The monoisotopic (exact) mass is 287 g/mol. The first kappa shape index (κ1) is 15.0. The van der Waals surface area contributed by atoms with Crippen molar-refractivity contribution in [2.75, 3.05) is 6.54 Å². The average molecular weight is 288 g/mol. The Kier molecular flexibility index (Phi) is 6.19. The molecular weight excluding hydrogens is 273 g/mol. The number of amides is 1. The zero-order valence-electron chi connectivity index (χ0n) is 9.83. The second-order valence-electron chi connectivity index (χ2n) is 3.81. The van der Waals surface area contributed by atoms with Gasteiger partial charge in [0.25, 0.3) is 0 Å². The highest BCUT2D eigenvalue weighted by molar-refractivity contribution is 6.35. The van der Waals surface area contributed by atoms with Gasteiger partial charge in [0.15, 0.2) is 0 Å². The van der Waals surface area contributed by atoms with Gasteiger partial charge in [-0.1, -0.05) is 35.3 Å². The fourth-order valence-corrected chi connectivity index (χ4v) is 1.95. The lowest BCUT2D eigenvalue weighted by atomic mass is 10.1. The van der Waals surface area contributed by atoms with E-state index in [1.165, 1.54) is 0 Å². The molecule has 0 aliphatic heterocycles. The van der Waals surface area contributed by atoms with E-state index in [9.17, 15) is 9.90 Å². The molecule has 0 fully saturated rings. The van der Waals surface area contributed by atoms with Gasteiger partial charge in [0.1, 0.15) is 0 Å². The first-order valence-electron chi connectivity index (χ1n) is 5.55. The Morgan fingerprint density at radius 3 is 2.83 bits per heavy atom. The molecule has 2 N–H and O–H groups in total. The summed E-state index contributed by atoms with van der Waals surface area (Å²) < 4.78 is 0. The maximum absolute atomic E-state index is 11.4. The maximum Gasteiger partial charge on any atom is 0.220 e. The third-order valence-corrected chi connectivity index (χ3v) is 2.95. The summed E-state index contributed by atoms with van der Waals surface area (Å²) in [5.74, 6) is -0.126. The van der Waals surface area contributed by atoms with E-state index in [0.717, 1.165) is 0 Å². The van der Waals surface area contributed by atoms with Gasteiger partial charge in [0, 0.05) is 28.6 Å². The van der Waals surface area contributed by atoms with E-state index in [0.29, 0.717) is 28.5 Å². The molecule has 0 aliphatic rings. The maximum atomic E-state index is 11.4. The van der Waals surface area contributed by atoms with Crippen LogP contribution in [0.15, 0.2) is 30.9 Å². The Labute approximate surface area is 116 Å². The minimum absolute atomic E-state index is 0.122. The van der Waals surface area contributed by atoms with Crippen molar-refractivity contribution in [2.24, 2.45) is 0 Å². The van der Waals surface area contributed by atoms with Gasteiger partial charge >= 0.3 is 0 Å². The van der Waals surface area contributed by atoms with Gasteiger partial charge in [0.2, 0.25) is 5.91 Å². The van der Waals surface area contributed by atoms with Crippen molar-refractivity contribution in [2.45, 2.75) is 18.9 Å². The molecule has 18 heavy (non-hydrogen) atoms. The molecular formula is C13H15Cl2NO2. The molecule has 1 aromatic rings. The lowest BCUT2D eigenvalue weighted by molar-refractivity contribution is -0.121. The second-order valence-corrected chi connectivity index (χ2v) is 4.66. The highest BCUT2D eigenvalue weighted by Gasteiger charge is 2.12. The Morgan fingerprint density at radius 2 is 2.22 bits per heavy atom. The number of carbonyl (C=O) groups is 1. The summed E-state index contributed by atoms with van der Waals surface area (Å²) in [5.41, 5.74) is 0.546. The van der Waals surface area contributed by atoms with Gasteiger partial charge < -0.3 is 10.4 Å². The standard InChI is InChI=1S/C13H15Cl2NO2/c1-2-3-4-13(18)16-8-12(17)10-6-5-9(14)7-11(10)15/h2,5-7,12,17H,1,3-4,8H2,(H,16,18). The van der Waals surface area contributed by atoms with E-state index in [-0.39, 0.29) is 12.5 Å². The van der Waals surface area contributed by atoms with Crippen LogP contribution in [0.3, 0.4) is 0 Å². The fourth-order valence-electron chi connectivity index (χ4n) is 1.41. The van der Waals surface area contributed by atoms with Crippen molar-refractivity contribution in [3.8, 4) is 0 Å². The SMILES string of the molecule is C=CCCC(=O)NCC(O)c1ccc(Cl)cc1Cl. The molecule has 0 heterocycles. The van der Waals surface area contributed by atoms with Crippen LogP contribution in [0.1, 0.15) is 24.5 Å². The number of rotatable bonds is 6. The lowest BCUT2D eigenvalue weighted by Crippen LogP contribution is -2.28. The van der Waals surface area contributed by atoms with Crippen LogP contribution in [0.4, 0.5) is 0 Å². The Hall–Kier alpha value is -1.03. The van der Waals surface area contributed by atoms with Crippen molar-refractivity contribution in [1.82, 2.24) is 5.32 Å².